The molecule has 1 aliphatic carbocycles. The summed E-state index contributed by atoms with van der Waals surface area (Å²) in [5.41, 5.74) is 2.71. The summed E-state index contributed by atoms with van der Waals surface area (Å²) in [5.74, 6) is 0.905. The molecule has 28 heavy (non-hydrogen) atoms. The molecule has 4 nitrogen and oxygen atoms in total. The molecule has 1 N–H and O–H groups in total. The van der Waals surface area contributed by atoms with Crippen molar-refractivity contribution < 1.29 is 9.52 Å². The average Bonchev–Trinajstić information content (AvgIpc) is 3.46. The van der Waals surface area contributed by atoms with Crippen LogP contribution >= 0.6 is 0 Å². The zero-order valence-corrected chi connectivity index (χ0v) is 16.5. The molecule has 2 aromatic rings. The highest BCUT2D eigenvalue weighted by atomic mass is 16.3. The van der Waals surface area contributed by atoms with Crippen molar-refractivity contribution in [2.75, 3.05) is 32.7 Å². The minimum atomic E-state index is -0.288. The number of hydrogen-bond acceptors (Lipinski definition) is 4. The standard InChI is InChI=1S/C24H30N2O2/c27-23-22(26-14-3-4-15-26)20-9-1-2-10-21(20)24(23)11-16-25(17-12-24)13-5-7-19-8-6-18-28-19/h1-2,5-10,18,22-23,27H,3-4,11-17H2/t22-,23+/m1/s1. The minimum Gasteiger partial charge on any atom is -0.465 e. The van der Waals surface area contributed by atoms with Gasteiger partial charge in [0, 0.05) is 12.0 Å². The fourth-order valence-electron chi connectivity index (χ4n) is 5.66. The number of nitrogens with zero attached hydrogens (tertiary/aromatic N) is 2. The van der Waals surface area contributed by atoms with Crippen LogP contribution in [0.3, 0.4) is 0 Å². The Morgan fingerprint density at radius 1 is 1.04 bits per heavy atom. The molecule has 5 rings (SSSR count). The lowest BCUT2D eigenvalue weighted by atomic mass is 9.72. The number of benzene rings is 1. The monoisotopic (exact) mass is 378 g/mol. The zero-order valence-electron chi connectivity index (χ0n) is 16.5. The molecule has 0 bridgehead atoms. The molecule has 148 valence electrons. The van der Waals surface area contributed by atoms with E-state index in [1.807, 2.05) is 18.2 Å². The Bertz CT molecular complexity index is 815. The number of likely N-dealkylation sites (tertiary alicyclic amines) is 2. The summed E-state index contributed by atoms with van der Waals surface area (Å²) in [5, 5.41) is 11.5. The second-order valence-electron chi connectivity index (χ2n) is 8.59. The molecule has 0 radical (unpaired) electrons. The van der Waals surface area contributed by atoms with E-state index in [4.69, 9.17) is 4.42 Å². The van der Waals surface area contributed by atoms with Crippen molar-refractivity contribution in [3.05, 3.63) is 65.6 Å². The number of furan rings is 1. The van der Waals surface area contributed by atoms with Crippen molar-refractivity contribution in [3.8, 4) is 0 Å². The zero-order chi connectivity index (χ0) is 19.0. The van der Waals surface area contributed by atoms with Gasteiger partial charge in [0.15, 0.2) is 0 Å². The predicted octanol–water partition coefficient (Wildman–Crippen LogP) is 3.84. The lowest BCUT2D eigenvalue weighted by Gasteiger charge is -2.43. The van der Waals surface area contributed by atoms with Crippen LogP contribution in [0.2, 0.25) is 0 Å². The summed E-state index contributed by atoms with van der Waals surface area (Å²) in [6, 6.07) is 12.9. The number of hydrogen-bond donors (Lipinski definition) is 1. The van der Waals surface area contributed by atoms with Crippen LogP contribution in [0.4, 0.5) is 0 Å². The summed E-state index contributed by atoms with van der Waals surface area (Å²) in [6.45, 7) is 5.23. The highest BCUT2D eigenvalue weighted by Gasteiger charge is 2.54. The third-order valence-corrected chi connectivity index (χ3v) is 7.15. The molecule has 2 aliphatic heterocycles. The van der Waals surface area contributed by atoms with Gasteiger partial charge < -0.3 is 9.52 Å². The maximum atomic E-state index is 11.5. The highest BCUT2D eigenvalue weighted by Crippen LogP contribution is 2.53. The van der Waals surface area contributed by atoms with E-state index in [1.54, 1.807) is 6.26 Å². The topological polar surface area (TPSA) is 39.9 Å². The van der Waals surface area contributed by atoms with Crippen molar-refractivity contribution in [3.63, 3.8) is 0 Å². The van der Waals surface area contributed by atoms with Crippen LogP contribution in [0.5, 0.6) is 0 Å². The van der Waals surface area contributed by atoms with Crippen LogP contribution in [-0.2, 0) is 5.41 Å². The van der Waals surface area contributed by atoms with Gasteiger partial charge in [0.1, 0.15) is 5.76 Å². The predicted molar refractivity (Wildman–Crippen MR) is 111 cm³/mol. The fourth-order valence-corrected chi connectivity index (χ4v) is 5.66. The Labute approximate surface area is 167 Å². The van der Waals surface area contributed by atoms with E-state index in [0.717, 1.165) is 51.3 Å². The quantitative estimate of drug-likeness (QED) is 0.878. The molecule has 1 aromatic carbocycles. The molecule has 1 aromatic heterocycles. The average molecular weight is 379 g/mol. The maximum Gasteiger partial charge on any atom is 0.126 e. The third kappa shape index (κ3) is 3.04. The van der Waals surface area contributed by atoms with E-state index < -0.39 is 0 Å². The van der Waals surface area contributed by atoms with E-state index >= 15 is 0 Å². The molecule has 2 saturated heterocycles. The van der Waals surface area contributed by atoms with Crippen molar-refractivity contribution in [2.45, 2.75) is 43.2 Å². The van der Waals surface area contributed by atoms with Gasteiger partial charge in [0.25, 0.3) is 0 Å². The molecule has 0 unspecified atom stereocenters. The van der Waals surface area contributed by atoms with Gasteiger partial charge >= 0.3 is 0 Å². The van der Waals surface area contributed by atoms with Gasteiger partial charge in [-0.2, -0.15) is 0 Å². The lowest BCUT2D eigenvalue weighted by Crippen LogP contribution is -2.49. The van der Waals surface area contributed by atoms with Crippen LogP contribution in [0, 0.1) is 0 Å². The fraction of sp³-hybridized carbons (Fsp3) is 0.500. The van der Waals surface area contributed by atoms with E-state index in [1.165, 1.54) is 24.0 Å². The molecule has 0 amide bonds. The van der Waals surface area contributed by atoms with Crippen LogP contribution < -0.4 is 0 Å². The normalized spacial score (nSPS) is 27.8. The van der Waals surface area contributed by atoms with E-state index in [2.05, 4.69) is 40.1 Å². The Hall–Kier alpha value is -1.88. The summed E-state index contributed by atoms with van der Waals surface area (Å²) in [6.07, 6.45) is 10.2. The van der Waals surface area contributed by atoms with Gasteiger partial charge in [-0.05, 0) is 81.2 Å². The smallest absolute Gasteiger partial charge is 0.126 e. The molecule has 0 saturated carbocycles. The number of rotatable bonds is 4. The number of aliphatic hydroxyl groups is 1. The summed E-state index contributed by atoms with van der Waals surface area (Å²) in [7, 11) is 0. The Balaban J connectivity index is 1.31. The van der Waals surface area contributed by atoms with Crippen molar-refractivity contribution in [1.82, 2.24) is 9.80 Å². The van der Waals surface area contributed by atoms with Gasteiger partial charge in [0.05, 0.1) is 18.4 Å². The first-order valence-electron chi connectivity index (χ1n) is 10.7. The lowest BCUT2D eigenvalue weighted by molar-refractivity contribution is -0.00795. The second kappa shape index (κ2) is 7.51. The van der Waals surface area contributed by atoms with Gasteiger partial charge in [-0.3, -0.25) is 9.80 Å². The Morgan fingerprint density at radius 2 is 1.82 bits per heavy atom. The van der Waals surface area contributed by atoms with Crippen molar-refractivity contribution in [1.29, 1.82) is 0 Å². The maximum absolute atomic E-state index is 11.5. The summed E-state index contributed by atoms with van der Waals surface area (Å²) < 4.78 is 5.37. The number of piperidine rings is 1. The molecule has 1 spiro atoms. The minimum absolute atomic E-state index is 0.0783. The molecule has 3 heterocycles. The van der Waals surface area contributed by atoms with Gasteiger partial charge in [0.2, 0.25) is 0 Å². The molecule has 3 aliphatic rings. The van der Waals surface area contributed by atoms with E-state index in [-0.39, 0.29) is 17.6 Å². The van der Waals surface area contributed by atoms with Gasteiger partial charge in [-0.1, -0.05) is 30.3 Å². The number of fused-ring (bicyclic) bond motifs is 2. The second-order valence-corrected chi connectivity index (χ2v) is 8.59. The largest absolute Gasteiger partial charge is 0.465 e. The van der Waals surface area contributed by atoms with Crippen LogP contribution in [0.15, 0.2) is 53.2 Å². The van der Waals surface area contributed by atoms with E-state index in [9.17, 15) is 5.11 Å². The Kier molecular flexibility index (Phi) is 4.87. The van der Waals surface area contributed by atoms with Crippen molar-refractivity contribution >= 4 is 6.08 Å². The first-order chi connectivity index (χ1) is 13.8. The van der Waals surface area contributed by atoms with Crippen LogP contribution in [0.25, 0.3) is 6.08 Å². The highest BCUT2D eigenvalue weighted by molar-refractivity contribution is 5.46. The first kappa shape index (κ1) is 18.2. The molecule has 2 atom stereocenters. The van der Waals surface area contributed by atoms with Gasteiger partial charge in [-0.15, -0.1) is 0 Å². The molecular formula is C24H30N2O2. The SMILES string of the molecule is O[C@H]1[C@H](N2CCCC2)c2ccccc2C12CCN(CC=Cc1ccco1)CC2. The Morgan fingerprint density at radius 3 is 2.57 bits per heavy atom. The van der Waals surface area contributed by atoms with Gasteiger partial charge in [-0.25, -0.2) is 0 Å². The van der Waals surface area contributed by atoms with E-state index in [0.29, 0.717) is 0 Å². The summed E-state index contributed by atoms with van der Waals surface area (Å²) in [4.78, 5) is 5.01. The van der Waals surface area contributed by atoms with Crippen molar-refractivity contribution in [2.24, 2.45) is 0 Å². The van der Waals surface area contributed by atoms with Crippen LogP contribution in [0.1, 0.15) is 48.6 Å². The first-order valence-corrected chi connectivity index (χ1v) is 10.7. The molecular weight excluding hydrogens is 348 g/mol. The van der Waals surface area contributed by atoms with Crippen LogP contribution in [-0.4, -0.2) is 53.7 Å². The number of aliphatic hydroxyl groups excluding tert-OH is 1. The molecule has 2 fully saturated rings. The third-order valence-electron chi connectivity index (χ3n) is 7.15. The summed E-state index contributed by atoms with van der Waals surface area (Å²) >= 11 is 0. The molecule has 4 heteroatoms.